The Morgan fingerprint density at radius 3 is 2.41 bits per heavy atom. The highest BCUT2D eigenvalue weighted by molar-refractivity contribution is 7.13. The first-order valence-corrected chi connectivity index (χ1v) is 11.5. The third-order valence-electron chi connectivity index (χ3n) is 4.55. The van der Waals surface area contributed by atoms with Gasteiger partial charge in [0.15, 0.2) is 5.13 Å². The van der Waals surface area contributed by atoms with Crippen LogP contribution in [-0.4, -0.2) is 38.2 Å². The summed E-state index contributed by atoms with van der Waals surface area (Å²) < 4.78 is 0. The first-order valence-electron chi connectivity index (χ1n) is 9.69. The van der Waals surface area contributed by atoms with Crippen LogP contribution < -0.4 is 11.1 Å². The molecule has 0 aliphatic carbocycles. The molecule has 32 heavy (non-hydrogen) atoms. The van der Waals surface area contributed by atoms with Crippen LogP contribution in [0.5, 0.6) is 0 Å². The van der Waals surface area contributed by atoms with Crippen molar-refractivity contribution in [3.63, 3.8) is 0 Å². The average molecular weight is 465 g/mol. The number of aromatic nitrogens is 3. The van der Waals surface area contributed by atoms with Gasteiger partial charge in [-0.15, -0.1) is 22.7 Å². The minimum atomic E-state index is -0.301. The Hall–Kier alpha value is -3.63. The van der Waals surface area contributed by atoms with E-state index in [9.17, 15) is 9.59 Å². The number of benzene rings is 1. The van der Waals surface area contributed by atoms with Gasteiger partial charge in [-0.05, 0) is 31.2 Å². The molecule has 2 amide bonds. The van der Waals surface area contributed by atoms with Gasteiger partial charge in [0.2, 0.25) is 5.91 Å². The standard InChI is InChI=1S/C22H20N6O2S2/c1-14-25-18(12-31-14)10-28(21(30)16-6-8-24-9-7-16)11-20(29)26-17-4-2-15(3-5-17)19-13-32-22(23)27-19/h2-9,12-13H,10-11H2,1H3,(H2,23,27)(H,26,29). The molecular formula is C22H20N6O2S2. The van der Waals surface area contributed by atoms with E-state index in [2.05, 4.69) is 20.3 Å². The molecule has 3 N–H and O–H groups in total. The molecule has 0 saturated carbocycles. The number of thiazole rings is 2. The second kappa shape index (κ2) is 9.67. The number of aryl methyl sites for hydroxylation is 1. The molecule has 0 aliphatic heterocycles. The fourth-order valence-electron chi connectivity index (χ4n) is 3.07. The van der Waals surface area contributed by atoms with Crippen LogP contribution in [0.15, 0.2) is 59.6 Å². The van der Waals surface area contributed by atoms with Crippen molar-refractivity contribution in [2.24, 2.45) is 0 Å². The highest BCUT2D eigenvalue weighted by Gasteiger charge is 2.20. The number of nitrogens with two attached hydrogens (primary N) is 1. The van der Waals surface area contributed by atoms with Gasteiger partial charge < -0.3 is 16.0 Å². The quantitative estimate of drug-likeness (QED) is 0.430. The number of amides is 2. The summed E-state index contributed by atoms with van der Waals surface area (Å²) in [5.74, 6) is -0.560. The second-order valence-electron chi connectivity index (χ2n) is 6.95. The zero-order chi connectivity index (χ0) is 22.5. The summed E-state index contributed by atoms with van der Waals surface area (Å²) in [4.78, 5) is 39.9. The second-order valence-corrected chi connectivity index (χ2v) is 8.90. The molecule has 0 fully saturated rings. The van der Waals surface area contributed by atoms with Crippen LogP contribution in [-0.2, 0) is 11.3 Å². The van der Waals surface area contributed by atoms with Crippen molar-refractivity contribution in [2.75, 3.05) is 17.6 Å². The lowest BCUT2D eigenvalue weighted by Crippen LogP contribution is -2.37. The van der Waals surface area contributed by atoms with Crippen LogP contribution >= 0.6 is 22.7 Å². The van der Waals surface area contributed by atoms with Gasteiger partial charge in [0.1, 0.15) is 6.54 Å². The van der Waals surface area contributed by atoms with E-state index < -0.39 is 0 Å². The Balaban J connectivity index is 1.46. The van der Waals surface area contributed by atoms with E-state index in [0.717, 1.165) is 22.0 Å². The van der Waals surface area contributed by atoms with E-state index in [1.165, 1.54) is 27.6 Å². The lowest BCUT2D eigenvalue weighted by atomic mass is 10.1. The molecule has 0 radical (unpaired) electrons. The maximum absolute atomic E-state index is 13.0. The highest BCUT2D eigenvalue weighted by Crippen LogP contribution is 2.24. The van der Waals surface area contributed by atoms with Crippen LogP contribution in [0.2, 0.25) is 0 Å². The minimum Gasteiger partial charge on any atom is -0.375 e. The van der Waals surface area contributed by atoms with Crippen LogP contribution in [0.3, 0.4) is 0 Å². The van der Waals surface area contributed by atoms with Crippen LogP contribution in [0, 0.1) is 6.92 Å². The fraction of sp³-hybridized carbons (Fsp3) is 0.136. The van der Waals surface area contributed by atoms with Gasteiger partial charge in [0.05, 0.1) is 22.9 Å². The predicted octanol–water partition coefficient (Wildman–Crippen LogP) is 3.83. The van der Waals surface area contributed by atoms with E-state index in [1.54, 1.807) is 36.7 Å². The SMILES string of the molecule is Cc1nc(CN(CC(=O)Nc2ccc(-c3csc(N)n3)cc2)C(=O)c2ccncc2)cs1. The summed E-state index contributed by atoms with van der Waals surface area (Å²) in [7, 11) is 0. The molecule has 8 nitrogen and oxygen atoms in total. The molecule has 0 spiro atoms. The number of nitrogens with zero attached hydrogens (tertiary/aromatic N) is 4. The van der Waals surface area contributed by atoms with Gasteiger partial charge in [-0.25, -0.2) is 9.97 Å². The van der Waals surface area contributed by atoms with Crippen molar-refractivity contribution in [1.82, 2.24) is 19.9 Å². The topological polar surface area (TPSA) is 114 Å². The summed E-state index contributed by atoms with van der Waals surface area (Å²) >= 11 is 2.88. The van der Waals surface area contributed by atoms with E-state index >= 15 is 0 Å². The van der Waals surface area contributed by atoms with Crippen LogP contribution in [0.25, 0.3) is 11.3 Å². The predicted molar refractivity (Wildman–Crippen MR) is 126 cm³/mol. The number of nitrogen functional groups attached to an aromatic ring is 1. The maximum Gasteiger partial charge on any atom is 0.254 e. The molecule has 4 rings (SSSR count). The minimum absolute atomic E-state index is 0.109. The molecule has 0 aliphatic rings. The van der Waals surface area contributed by atoms with Gasteiger partial charge in [0, 0.05) is 40.0 Å². The molecule has 10 heteroatoms. The molecule has 3 heterocycles. The maximum atomic E-state index is 13.0. The molecule has 162 valence electrons. The zero-order valence-corrected chi connectivity index (χ0v) is 18.8. The summed E-state index contributed by atoms with van der Waals surface area (Å²) in [6.45, 7) is 2.03. The Labute approximate surface area is 192 Å². The normalized spacial score (nSPS) is 10.7. The molecular weight excluding hydrogens is 444 g/mol. The van der Waals surface area contributed by atoms with Crippen molar-refractivity contribution in [3.05, 3.63) is 75.8 Å². The summed E-state index contributed by atoms with van der Waals surface area (Å²) in [6.07, 6.45) is 3.10. The first kappa shape index (κ1) is 21.6. The third kappa shape index (κ3) is 5.34. The van der Waals surface area contributed by atoms with Gasteiger partial charge >= 0.3 is 0 Å². The number of nitrogens with one attached hydrogen (secondary N) is 1. The summed E-state index contributed by atoms with van der Waals surface area (Å²) in [5, 5.41) is 8.03. The lowest BCUT2D eigenvalue weighted by Gasteiger charge is -2.21. The monoisotopic (exact) mass is 464 g/mol. The Kier molecular flexibility index (Phi) is 6.52. The largest absolute Gasteiger partial charge is 0.375 e. The molecule has 0 unspecified atom stereocenters. The molecule has 0 bridgehead atoms. The van der Waals surface area contributed by atoms with Gasteiger partial charge in [-0.3, -0.25) is 14.6 Å². The van der Waals surface area contributed by atoms with Gasteiger partial charge in [-0.2, -0.15) is 0 Å². The summed E-state index contributed by atoms with van der Waals surface area (Å²) in [5.41, 5.74) is 9.23. The first-order chi connectivity index (χ1) is 15.5. The van der Waals surface area contributed by atoms with Crippen molar-refractivity contribution < 1.29 is 9.59 Å². The lowest BCUT2D eigenvalue weighted by molar-refractivity contribution is -0.117. The van der Waals surface area contributed by atoms with Crippen molar-refractivity contribution >= 4 is 45.3 Å². The number of pyridine rings is 1. The van der Waals surface area contributed by atoms with Gasteiger partial charge in [0.25, 0.3) is 5.91 Å². The zero-order valence-electron chi connectivity index (χ0n) is 17.2. The number of hydrogen-bond donors (Lipinski definition) is 2. The van der Waals surface area contributed by atoms with Crippen molar-refractivity contribution in [1.29, 1.82) is 0 Å². The van der Waals surface area contributed by atoms with Gasteiger partial charge in [-0.1, -0.05) is 12.1 Å². The van der Waals surface area contributed by atoms with Crippen LogP contribution in [0.1, 0.15) is 21.1 Å². The third-order valence-corrected chi connectivity index (χ3v) is 6.05. The number of rotatable bonds is 7. The Morgan fingerprint density at radius 1 is 1.03 bits per heavy atom. The van der Waals surface area contributed by atoms with Crippen molar-refractivity contribution in [3.8, 4) is 11.3 Å². The molecule has 4 aromatic rings. The molecule has 3 aromatic heterocycles. The Morgan fingerprint density at radius 2 is 1.78 bits per heavy atom. The Bertz CT molecular complexity index is 1220. The summed E-state index contributed by atoms with van der Waals surface area (Å²) in [6, 6.07) is 10.6. The highest BCUT2D eigenvalue weighted by atomic mass is 32.1. The van der Waals surface area contributed by atoms with E-state index in [0.29, 0.717) is 16.4 Å². The number of carbonyl (C=O) groups excluding carboxylic acids is 2. The number of hydrogen-bond acceptors (Lipinski definition) is 8. The van der Waals surface area contributed by atoms with Crippen LogP contribution in [0.4, 0.5) is 10.8 Å². The molecule has 1 aromatic carbocycles. The van der Waals surface area contributed by atoms with E-state index in [4.69, 9.17) is 5.73 Å². The fourth-order valence-corrected chi connectivity index (χ4v) is 4.25. The smallest absolute Gasteiger partial charge is 0.254 e. The van der Waals surface area contributed by atoms with E-state index in [-0.39, 0.29) is 24.9 Å². The van der Waals surface area contributed by atoms with Crippen molar-refractivity contribution in [2.45, 2.75) is 13.5 Å². The number of anilines is 2. The molecule has 0 saturated heterocycles. The molecule has 0 atom stereocenters. The number of carbonyl (C=O) groups is 2. The average Bonchev–Trinajstić information content (AvgIpc) is 3.41. The van der Waals surface area contributed by atoms with E-state index in [1.807, 2.05) is 29.8 Å².